The van der Waals surface area contributed by atoms with E-state index < -0.39 is 0 Å². The number of carbonyl (C=O) groups excluding carboxylic acids is 1. The molecule has 0 fully saturated rings. The maximum Gasteiger partial charge on any atom is 0.243 e. The molecule has 2 aromatic carbocycles. The zero-order chi connectivity index (χ0) is 15.4. The summed E-state index contributed by atoms with van der Waals surface area (Å²) in [6, 6.07) is 11.9. The van der Waals surface area contributed by atoms with Crippen molar-refractivity contribution in [2.75, 3.05) is 17.2 Å². The lowest BCUT2D eigenvalue weighted by atomic mass is 10.1. The van der Waals surface area contributed by atoms with Crippen LogP contribution in [0.4, 0.5) is 11.4 Å². The Labute approximate surface area is 133 Å². The summed E-state index contributed by atoms with van der Waals surface area (Å²) in [6.45, 7) is 6.36. The molecule has 0 saturated heterocycles. The van der Waals surface area contributed by atoms with Crippen molar-refractivity contribution >= 4 is 33.2 Å². The highest BCUT2D eigenvalue weighted by atomic mass is 79.9. The summed E-state index contributed by atoms with van der Waals surface area (Å²) in [7, 11) is 0. The van der Waals surface area contributed by atoms with Crippen molar-refractivity contribution < 1.29 is 4.79 Å². The van der Waals surface area contributed by atoms with Crippen LogP contribution >= 0.6 is 15.9 Å². The lowest BCUT2D eigenvalue weighted by molar-refractivity contribution is -0.114. The van der Waals surface area contributed by atoms with E-state index in [9.17, 15) is 4.79 Å². The van der Waals surface area contributed by atoms with Gasteiger partial charge in [-0.05, 0) is 71.6 Å². The average Bonchev–Trinajstić information content (AvgIpc) is 2.43. The number of rotatable bonds is 4. The van der Waals surface area contributed by atoms with Crippen molar-refractivity contribution in [2.24, 2.45) is 0 Å². The molecule has 2 aromatic rings. The number of hydrogen-bond acceptors (Lipinski definition) is 2. The first-order valence-electron chi connectivity index (χ1n) is 6.83. The first-order valence-corrected chi connectivity index (χ1v) is 7.63. The van der Waals surface area contributed by atoms with Crippen molar-refractivity contribution in [3.05, 3.63) is 57.6 Å². The molecule has 0 saturated carbocycles. The Morgan fingerprint density at radius 2 is 1.86 bits per heavy atom. The molecule has 110 valence electrons. The van der Waals surface area contributed by atoms with Gasteiger partial charge in [0.15, 0.2) is 0 Å². The number of aryl methyl sites for hydroxylation is 2. The predicted octanol–water partition coefficient (Wildman–Crippen LogP) is 4.42. The van der Waals surface area contributed by atoms with E-state index in [1.54, 1.807) is 0 Å². The molecule has 1 amide bonds. The molecule has 3 nitrogen and oxygen atoms in total. The maximum atomic E-state index is 12.0. The van der Waals surface area contributed by atoms with Crippen LogP contribution in [0.15, 0.2) is 40.9 Å². The highest BCUT2D eigenvalue weighted by Crippen LogP contribution is 2.23. The third kappa shape index (κ3) is 4.08. The minimum Gasteiger partial charge on any atom is -0.376 e. The maximum absolute atomic E-state index is 12.0. The lowest BCUT2D eigenvalue weighted by Crippen LogP contribution is -2.22. The first kappa shape index (κ1) is 15.6. The number of carbonyl (C=O) groups is 1. The second-order valence-corrected chi connectivity index (χ2v) is 5.99. The van der Waals surface area contributed by atoms with Gasteiger partial charge in [0.25, 0.3) is 0 Å². The van der Waals surface area contributed by atoms with Gasteiger partial charge in [0.05, 0.1) is 12.2 Å². The van der Waals surface area contributed by atoms with Crippen LogP contribution in [0.1, 0.15) is 16.7 Å². The number of hydrogen-bond donors (Lipinski definition) is 2. The van der Waals surface area contributed by atoms with Gasteiger partial charge in [0.2, 0.25) is 5.91 Å². The molecular weight excluding hydrogens is 328 g/mol. The van der Waals surface area contributed by atoms with E-state index in [-0.39, 0.29) is 12.5 Å². The zero-order valence-electron chi connectivity index (χ0n) is 12.5. The van der Waals surface area contributed by atoms with Crippen LogP contribution in [-0.4, -0.2) is 12.5 Å². The largest absolute Gasteiger partial charge is 0.376 e. The normalized spacial score (nSPS) is 10.3. The Morgan fingerprint density at radius 1 is 1.10 bits per heavy atom. The van der Waals surface area contributed by atoms with E-state index >= 15 is 0 Å². The number of halogens is 1. The molecule has 0 aliphatic heterocycles. The van der Waals surface area contributed by atoms with Crippen molar-refractivity contribution in [1.29, 1.82) is 0 Å². The van der Waals surface area contributed by atoms with Gasteiger partial charge >= 0.3 is 0 Å². The molecule has 0 heterocycles. The molecule has 21 heavy (non-hydrogen) atoms. The molecule has 0 aliphatic rings. The van der Waals surface area contributed by atoms with E-state index in [1.165, 1.54) is 11.1 Å². The smallest absolute Gasteiger partial charge is 0.243 e. The summed E-state index contributed by atoms with van der Waals surface area (Å²) in [6.07, 6.45) is 0. The van der Waals surface area contributed by atoms with Crippen molar-refractivity contribution in [2.45, 2.75) is 20.8 Å². The van der Waals surface area contributed by atoms with Gasteiger partial charge in [-0.3, -0.25) is 4.79 Å². The van der Waals surface area contributed by atoms with Crippen LogP contribution in [0, 0.1) is 20.8 Å². The number of anilines is 2. The Balaban J connectivity index is 1.97. The van der Waals surface area contributed by atoms with Gasteiger partial charge in [0.1, 0.15) is 0 Å². The number of benzene rings is 2. The molecular formula is C17H19BrN2O. The summed E-state index contributed by atoms with van der Waals surface area (Å²) in [5.74, 6) is -0.0690. The third-order valence-electron chi connectivity index (χ3n) is 3.44. The molecule has 0 bridgehead atoms. The Kier molecular flexibility index (Phi) is 5.02. The monoisotopic (exact) mass is 346 g/mol. The van der Waals surface area contributed by atoms with E-state index in [0.29, 0.717) is 0 Å². The SMILES string of the molecule is Cc1ccc(NC(=O)CNc2cccc(C)c2C)c(Br)c1. The fourth-order valence-corrected chi connectivity index (χ4v) is 2.63. The van der Waals surface area contributed by atoms with Crippen LogP contribution in [-0.2, 0) is 4.79 Å². The molecule has 4 heteroatoms. The first-order chi connectivity index (χ1) is 9.97. The minimum absolute atomic E-state index is 0.0690. The molecule has 0 aliphatic carbocycles. The standard InChI is InChI=1S/C17H19BrN2O/c1-11-7-8-16(14(18)9-11)20-17(21)10-19-15-6-4-5-12(2)13(15)3/h4-9,19H,10H2,1-3H3,(H,20,21). The summed E-state index contributed by atoms with van der Waals surface area (Å²) in [4.78, 5) is 12.0. The minimum atomic E-state index is -0.0690. The van der Waals surface area contributed by atoms with Crippen LogP contribution in [0.3, 0.4) is 0 Å². The zero-order valence-corrected chi connectivity index (χ0v) is 14.0. The summed E-state index contributed by atoms with van der Waals surface area (Å²) < 4.78 is 0.891. The molecule has 0 aromatic heterocycles. The third-order valence-corrected chi connectivity index (χ3v) is 4.10. The van der Waals surface area contributed by atoms with Gasteiger partial charge in [-0.15, -0.1) is 0 Å². The van der Waals surface area contributed by atoms with Crippen molar-refractivity contribution in [3.8, 4) is 0 Å². The highest BCUT2D eigenvalue weighted by molar-refractivity contribution is 9.10. The van der Waals surface area contributed by atoms with Gasteiger partial charge in [-0.25, -0.2) is 0 Å². The summed E-state index contributed by atoms with van der Waals surface area (Å²) in [5, 5.41) is 6.07. The van der Waals surface area contributed by atoms with Crippen LogP contribution in [0.2, 0.25) is 0 Å². The predicted molar refractivity (Wildman–Crippen MR) is 91.9 cm³/mol. The van der Waals surface area contributed by atoms with Gasteiger partial charge in [-0.2, -0.15) is 0 Å². The molecule has 0 spiro atoms. The summed E-state index contributed by atoms with van der Waals surface area (Å²) in [5.41, 5.74) is 5.30. The number of nitrogens with one attached hydrogen (secondary N) is 2. The van der Waals surface area contributed by atoms with E-state index in [2.05, 4.69) is 39.6 Å². The molecule has 2 N–H and O–H groups in total. The molecule has 0 atom stereocenters. The fourth-order valence-electron chi connectivity index (χ4n) is 2.03. The van der Waals surface area contributed by atoms with Crippen LogP contribution < -0.4 is 10.6 Å². The second kappa shape index (κ2) is 6.76. The van der Waals surface area contributed by atoms with E-state index in [0.717, 1.165) is 21.4 Å². The molecule has 0 unspecified atom stereocenters. The molecule has 2 rings (SSSR count). The van der Waals surface area contributed by atoms with E-state index in [4.69, 9.17) is 0 Å². The van der Waals surface area contributed by atoms with E-state index in [1.807, 2.05) is 44.2 Å². The fraction of sp³-hybridized carbons (Fsp3) is 0.235. The van der Waals surface area contributed by atoms with Crippen LogP contribution in [0.25, 0.3) is 0 Å². The summed E-state index contributed by atoms with van der Waals surface area (Å²) >= 11 is 3.46. The average molecular weight is 347 g/mol. The topological polar surface area (TPSA) is 41.1 Å². The van der Waals surface area contributed by atoms with Gasteiger partial charge in [-0.1, -0.05) is 18.2 Å². The lowest BCUT2D eigenvalue weighted by Gasteiger charge is -2.12. The number of amides is 1. The highest BCUT2D eigenvalue weighted by Gasteiger charge is 2.07. The molecule has 0 radical (unpaired) electrons. The Hall–Kier alpha value is -1.81. The Bertz CT molecular complexity index is 668. The van der Waals surface area contributed by atoms with Gasteiger partial charge in [0, 0.05) is 10.2 Å². The van der Waals surface area contributed by atoms with Crippen molar-refractivity contribution in [1.82, 2.24) is 0 Å². The Morgan fingerprint density at radius 3 is 2.57 bits per heavy atom. The van der Waals surface area contributed by atoms with Crippen molar-refractivity contribution in [3.63, 3.8) is 0 Å². The second-order valence-electron chi connectivity index (χ2n) is 5.13. The van der Waals surface area contributed by atoms with Gasteiger partial charge < -0.3 is 10.6 Å². The van der Waals surface area contributed by atoms with Crippen LogP contribution in [0.5, 0.6) is 0 Å². The quantitative estimate of drug-likeness (QED) is 0.859.